The molecule has 1 unspecified atom stereocenters. The van der Waals surface area contributed by atoms with Gasteiger partial charge in [0.2, 0.25) is 5.91 Å². The number of aliphatic hydroxyl groups is 1. The standard InChI is InChI=1S/C16H23N3O2/c20-15(11-16(21)7-2-1-3-8-16)19-10-4-5-14(19)13-6-9-17-12-18-13/h6,9,12,14,21H,1-5,7-8,10-11H2. The van der Waals surface area contributed by atoms with E-state index in [2.05, 4.69) is 9.97 Å². The Morgan fingerprint density at radius 1 is 1.33 bits per heavy atom. The van der Waals surface area contributed by atoms with E-state index >= 15 is 0 Å². The van der Waals surface area contributed by atoms with E-state index in [-0.39, 0.29) is 18.4 Å². The van der Waals surface area contributed by atoms with Gasteiger partial charge in [-0.15, -0.1) is 0 Å². The van der Waals surface area contributed by atoms with Gasteiger partial charge in [0.15, 0.2) is 0 Å². The second-order valence-electron chi connectivity index (χ2n) is 6.34. The van der Waals surface area contributed by atoms with Gasteiger partial charge in [0.05, 0.1) is 23.8 Å². The average molecular weight is 289 g/mol. The number of nitrogens with zero attached hydrogens (tertiary/aromatic N) is 3. The van der Waals surface area contributed by atoms with Gasteiger partial charge in [0.1, 0.15) is 6.33 Å². The number of hydrogen-bond acceptors (Lipinski definition) is 4. The Balaban J connectivity index is 1.68. The topological polar surface area (TPSA) is 66.3 Å². The Bertz CT molecular complexity index is 486. The minimum absolute atomic E-state index is 0.0488. The molecule has 1 aliphatic heterocycles. The smallest absolute Gasteiger partial charge is 0.226 e. The van der Waals surface area contributed by atoms with E-state index in [9.17, 15) is 9.90 Å². The van der Waals surface area contributed by atoms with Crippen LogP contribution >= 0.6 is 0 Å². The number of carbonyl (C=O) groups is 1. The van der Waals surface area contributed by atoms with Crippen molar-refractivity contribution >= 4 is 5.91 Å². The molecule has 1 amide bonds. The van der Waals surface area contributed by atoms with Crippen LogP contribution in [-0.2, 0) is 4.79 Å². The van der Waals surface area contributed by atoms with Gasteiger partial charge in [0, 0.05) is 12.7 Å². The Morgan fingerprint density at radius 3 is 2.86 bits per heavy atom. The van der Waals surface area contributed by atoms with Gasteiger partial charge in [-0.2, -0.15) is 0 Å². The van der Waals surface area contributed by atoms with Crippen molar-refractivity contribution in [3.63, 3.8) is 0 Å². The Labute approximate surface area is 125 Å². The van der Waals surface area contributed by atoms with E-state index in [0.29, 0.717) is 0 Å². The Kier molecular flexibility index (Phi) is 4.19. The van der Waals surface area contributed by atoms with Crippen LogP contribution < -0.4 is 0 Å². The molecule has 114 valence electrons. The molecule has 1 N–H and O–H groups in total. The Hall–Kier alpha value is -1.49. The van der Waals surface area contributed by atoms with Crippen LogP contribution in [0.2, 0.25) is 0 Å². The van der Waals surface area contributed by atoms with Gasteiger partial charge >= 0.3 is 0 Å². The number of rotatable bonds is 3. The lowest BCUT2D eigenvalue weighted by Gasteiger charge is -2.34. The van der Waals surface area contributed by atoms with Crippen LogP contribution in [-0.4, -0.2) is 38.0 Å². The number of likely N-dealkylation sites (tertiary alicyclic amines) is 1. The summed E-state index contributed by atoms with van der Waals surface area (Å²) in [7, 11) is 0. The fourth-order valence-electron chi connectivity index (χ4n) is 3.64. The summed E-state index contributed by atoms with van der Waals surface area (Å²) in [5.41, 5.74) is 0.125. The molecular formula is C16H23N3O2. The van der Waals surface area contributed by atoms with Crippen LogP contribution in [0.5, 0.6) is 0 Å². The third-order valence-electron chi connectivity index (χ3n) is 4.78. The normalized spacial score (nSPS) is 25.0. The van der Waals surface area contributed by atoms with Crippen molar-refractivity contribution in [3.05, 3.63) is 24.3 Å². The maximum absolute atomic E-state index is 12.6. The molecule has 1 saturated heterocycles. The lowest BCUT2D eigenvalue weighted by atomic mass is 9.82. The first-order valence-electron chi connectivity index (χ1n) is 7.96. The van der Waals surface area contributed by atoms with E-state index < -0.39 is 5.60 Å². The zero-order valence-electron chi connectivity index (χ0n) is 12.4. The largest absolute Gasteiger partial charge is 0.389 e. The monoisotopic (exact) mass is 289 g/mol. The maximum Gasteiger partial charge on any atom is 0.226 e. The summed E-state index contributed by atoms with van der Waals surface area (Å²) in [5.74, 6) is 0.0699. The molecule has 0 aromatic carbocycles. The third-order valence-corrected chi connectivity index (χ3v) is 4.78. The first-order chi connectivity index (χ1) is 10.2. The highest BCUT2D eigenvalue weighted by Crippen LogP contribution is 2.35. The highest BCUT2D eigenvalue weighted by atomic mass is 16.3. The van der Waals surface area contributed by atoms with Crippen molar-refractivity contribution in [2.24, 2.45) is 0 Å². The third kappa shape index (κ3) is 3.23. The number of amides is 1. The van der Waals surface area contributed by atoms with Crippen molar-refractivity contribution < 1.29 is 9.90 Å². The summed E-state index contributed by atoms with van der Waals surface area (Å²) in [4.78, 5) is 22.7. The lowest BCUT2D eigenvalue weighted by Crippen LogP contribution is -2.40. The van der Waals surface area contributed by atoms with E-state index in [0.717, 1.165) is 50.8 Å². The van der Waals surface area contributed by atoms with Crippen molar-refractivity contribution in [3.8, 4) is 0 Å². The van der Waals surface area contributed by atoms with Crippen LogP contribution in [0.25, 0.3) is 0 Å². The maximum atomic E-state index is 12.6. The van der Waals surface area contributed by atoms with Crippen molar-refractivity contribution in [2.45, 2.75) is 63.0 Å². The number of hydrogen-bond donors (Lipinski definition) is 1. The highest BCUT2D eigenvalue weighted by Gasteiger charge is 2.37. The van der Waals surface area contributed by atoms with Crippen molar-refractivity contribution in [1.29, 1.82) is 0 Å². The van der Waals surface area contributed by atoms with E-state index in [4.69, 9.17) is 0 Å². The van der Waals surface area contributed by atoms with E-state index in [1.165, 1.54) is 12.7 Å². The molecule has 1 aromatic rings. The van der Waals surface area contributed by atoms with Gasteiger partial charge in [-0.05, 0) is 31.7 Å². The molecule has 0 radical (unpaired) electrons. The van der Waals surface area contributed by atoms with Gasteiger partial charge in [-0.25, -0.2) is 9.97 Å². The van der Waals surface area contributed by atoms with Gasteiger partial charge < -0.3 is 10.0 Å². The average Bonchev–Trinajstić information content (AvgIpc) is 2.98. The van der Waals surface area contributed by atoms with Crippen LogP contribution in [0.3, 0.4) is 0 Å². The Morgan fingerprint density at radius 2 is 2.14 bits per heavy atom. The number of aromatic nitrogens is 2. The molecule has 5 heteroatoms. The molecule has 0 bridgehead atoms. The van der Waals surface area contributed by atoms with E-state index in [1.807, 2.05) is 11.0 Å². The summed E-state index contributed by atoms with van der Waals surface area (Å²) in [6.45, 7) is 0.767. The first-order valence-corrected chi connectivity index (χ1v) is 7.96. The predicted molar refractivity (Wildman–Crippen MR) is 78.4 cm³/mol. The quantitative estimate of drug-likeness (QED) is 0.926. The van der Waals surface area contributed by atoms with Gasteiger partial charge in [-0.1, -0.05) is 19.3 Å². The number of carbonyl (C=O) groups excluding carboxylic acids is 1. The summed E-state index contributed by atoms with van der Waals surface area (Å²) in [5, 5.41) is 10.6. The zero-order valence-corrected chi connectivity index (χ0v) is 12.4. The summed E-state index contributed by atoms with van der Waals surface area (Å²) in [6, 6.07) is 1.93. The van der Waals surface area contributed by atoms with Crippen LogP contribution in [0, 0.1) is 0 Å². The SMILES string of the molecule is O=C(CC1(O)CCCCC1)N1CCCC1c1ccncn1. The molecule has 1 atom stereocenters. The molecule has 2 heterocycles. The second-order valence-corrected chi connectivity index (χ2v) is 6.34. The zero-order chi connectivity index (χ0) is 14.7. The predicted octanol–water partition coefficient (Wildman–Crippen LogP) is 2.23. The molecule has 1 aromatic heterocycles. The minimum Gasteiger partial charge on any atom is -0.389 e. The van der Waals surface area contributed by atoms with Gasteiger partial charge in [-0.3, -0.25) is 4.79 Å². The molecule has 1 aliphatic carbocycles. The molecule has 0 spiro atoms. The van der Waals surface area contributed by atoms with Crippen LogP contribution in [0.15, 0.2) is 18.6 Å². The van der Waals surface area contributed by atoms with Crippen LogP contribution in [0.4, 0.5) is 0 Å². The minimum atomic E-state index is -0.784. The highest BCUT2D eigenvalue weighted by molar-refractivity contribution is 5.78. The lowest BCUT2D eigenvalue weighted by molar-refractivity contribution is -0.138. The molecule has 2 aliphatic rings. The van der Waals surface area contributed by atoms with Gasteiger partial charge in [0.25, 0.3) is 0 Å². The first kappa shape index (κ1) is 14.4. The summed E-state index contributed by atoms with van der Waals surface area (Å²) >= 11 is 0. The van der Waals surface area contributed by atoms with E-state index in [1.54, 1.807) is 6.20 Å². The molecule has 1 saturated carbocycles. The fraction of sp³-hybridized carbons (Fsp3) is 0.688. The molecule has 5 nitrogen and oxygen atoms in total. The summed E-state index contributed by atoms with van der Waals surface area (Å²) in [6.07, 6.45) is 10.2. The fourth-order valence-corrected chi connectivity index (χ4v) is 3.64. The molecule has 21 heavy (non-hydrogen) atoms. The second kappa shape index (κ2) is 6.10. The summed E-state index contributed by atoms with van der Waals surface area (Å²) < 4.78 is 0. The van der Waals surface area contributed by atoms with Crippen molar-refractivity contribution in [2.75, 3.05) is 6.54 Å². The van der Waals surface area contributed by atoms with Crippen molar-refractivity contribution in [1.82, 2.24) is 14.9 Å². The molecule has 3 rings (SSSR count). The molecular weight excluding hydrogens is 266 g/mol. The molecule has 2 fully saturated rings. The van der Waals surface area contributed by atoms with Crippen LogP contribution in [0.1, 0.15) is 63.1 Å².